The van der Waals surface area contributed by atoms with Crippen LogP contribution in [0.15, 0.2) is 71.9 Å². The Morgan fingerprint density at radius 1 is 0.875 bits per heavy atom. The van der Waals surface area contributed by atoms with Crippen molar-refractivity contribution in [1.82, 2.24) is 0 Å². The number of aliphatic imine (C=N–C) groups is 1. The number of fused-ring (bicyclic) bond motifs is 2. The molecule has 0 aliphatic carbocycles. The first-order valence-electron chi connectivity index (χ1n) is 14.6. The predicted molar refractivity (Wildman–Crippen MR) is 169 cm³/mol. The summed E-state index contributed by atoms with van der Waals surface area (Å²) in [6.07, 6.45) is 0.379. The standard InChI is InChI=1S/C32H33N3O13/c1-17(33)35-11-3-2-6-19(34)31(41)45-16-46-32(42)27-13-21(38)29-23(8-5-10-25(29)48-27)44-15-18(36)14-43-22-7-4-9-24-28(22)20(37)12-26(47-24)30(39)40/h4-5,7-10,12-13,18-19,36H,2-3,6,11,14-16,34H2,1H3,(H2,33,35)(H,39,40)/t18?,19-/m0/s1. The molecule has 0 aliphatic rings. The second kappa shape index (κ2) is 16.2. The molecule has 48 heavy (non-hydrogen) atoms. The Balaban J connectivity index is 1.31. The third-order valence-corrected chi connectivity index (χ3v) is 6.69. The molecule has 0 spiro atoms. The topological polar surface area (TPSA) is 253 Å². The van der Waals surface area contributed by atoms with Crippen molar-refractivity contribution in [1.29, 1.82) is 0 Å². The lowest BCUT2D eigenvalue weighted by molar-refractivity contribution is -0.154. The van der Waals surface area contributed by atoms with Crippen LogP contribution < -0.4 is 31.8 Å². The molecule has 1 unspecified atom stereocenters. The Morgan fingerprint density at radius 3 is 2.00 bits per heavy atom. The minimum absolute atomic E-state index is 0.00546. The fourth-order valence-electron chi connectivity index (χ4n) is 4.39. The van der Waals surface area contributed by atoms with E-state index in [-0.39, 0.29) is 46.7 Å². The summed E-state index contributed by atoms with van der Waals surface area (Å²) in [5.74, 6) is -3.66. The summed E-state index contributed by atoms with van der Waals surface area (Å²) >= 11 is 0. The summed E-state index contributed by atoms with van der Waals surface area (Å²) in [5.41, 5.74) is 9.95. The van der Waals surface area contributed by atoms with Gasteiger partial charge in [-0.1, -0.05) is 12.1 Å². The average Bonchev–Trinajstić information content (AvgIpc) is 3.05. The Morgan fingerprint density at radius 2 is 1.44 bits per heavy atom. The molecule has 2 aromatic heterocycles. The van der Waals surface area contributed by atoms with Crippen molar-refractivity contribution < 1.29 is 52.4 Å². The van der Waals surface area contributed by atoms with Crippen LogP contribution in [0.5, 0.6) is 11.5 Å². The van der Waals surface area contributed by atoms with Crippen LogP contribution in [0.25, 0.3) is 21.9 Å². The highest BCUT2D eigenvalue weighted by Crippen LogP contribution is 2.25. The summed E-state index contributed by atoms with van der Waals surface area (Å²) in [6.45, 7) is 0.751. The molecule has 2 atom stereocenters. The number of carboxylic acids is 1. The number of aromatic carboxylic acids is 1. The molecule has 2 heterocycles. The number of carbonyl (C=O) groups excluding carboxylic acids is 2. The number of rotatable bonds is 16. The highest BCUT2D eigenvalue weighted by molar-refractivity contribution is 5.91. The van der Waals surface area contributed by atoms with E-state index in [0.29, 0.717) is 31.6 Å². The number of aliphatic hydroxyl groups is 1. The van der Waals surface area contributed by atoms with Crippen molar-refractivity contribution in [3.8, 4) is 11.5 Å². The molecule has 0 fully saturated rings. The summed E-state index contributed by atoms with van der Waals surface area (Å²) < 4.78 is 31.8. The number of benzene rings is 2. The van der Waals surface area contributed by atoms with Crippen molar-refractivity contribution in [3.05, 3.63) is 80.5 Å². The maximum Gasteiger partial charge on any atom is 0.377 e. The molecule has 0 saturated heterocycles. The van der Waals surface area contributed by atoms with Crippen LogP contribution in [0.2, 0.25) is 0 Å². The van der Waals surface area contributed by atoms with Gasteiger partial charge in [-0.3, -0.25) is 19.4 Å². The Kier molecular flexibility index (Phi) is 11.8. The van der Waals surface area contributed by atoms with Crippen molar-refractivity contribution >= 4 is 45.7 Å². The Bertz CT molecular complexity index is 1950. The van der Waals surface area contributed by atoms with E-state index in [1.54, 1.807) is 6.92 Å². The van der Waals surface area contributed by atoms with Crippen molar-refractivity contribution in [3.63, 3.8) is 0 Å². The minimum Gasteiger partial charge on any atom is -0.490 e. The second-order valence-corrected chi connectivity index (χ2v) is 10.4. The number of amidine groups is 1. The van der Waals surface area contributed by atoms with Gasteiger partial charge in [-0.2, -0.15) is 0 Å². The molecule has 16 nitrogen and oxygen atoms in total. The fourth-order valence-corrected chi connectivity index (χ4v) is 4.39. The zero-order chi connectivity index (χ0) is 34.8. The van der Waals surface area contributed by atoms with Crippen molar-refractivity contribution in [2.24, 2.45) is 16.5 Å². The average molecular weight is 668 g/mol. The van der Waals surface area contributed by atoms with E-state index in [1.807, 2.05) is 0 Å². The number of carbonyl (C=O) groups is 3. The van der Waals surface area contributed by atoms with E-state index in [2.05, 4.69) is 4.99 Å². The third-order valence-electron chi connectivity index (χ3n) is 6.69. The van der Waals surface area contributed by atoms with Crippen LogP contribution in [-0.4, -0.2) is 72.7 Å². The van der Waals surface area contributed by atoms with E-state index in [1.165, 1.54) is 36.4 Å². The lowest BCUT2D eigenvalue weighted by atomic mass is 10.1. The summed E-state index contributed by atoms with van der Waals surface area (Å²) in [6, 6.07) is 9.50. The quantitative estimate of drug-likeness (QED) is 0.0438. The third kappa shape index (κ3) is 9.17. The Labute approximate surface area is 271 Å². The van der Waals surface area contributed by atoms with Gasteiger partial charge in [-0.15, -0.1) is 0 Å². The lowest BCUT2D eigenvalue weighted by Gasteiger charge is -2.15. The normalized spacial score (nSPS) is 12.8. The number of hydrogen-bond acceptors (Lipinski definition) is 14. The smallest absolute Gasteiger partial charge is 0.377 e. The number of hydrogen-bond donors (Lipinski definition) is 4. The second-order valence-electron chi connectivity index (χ2n) is 10.4. The van der Waals surface area contributed by atoms with Crippen molar-refractivity contribution in [2.45, 2.75) is 38.3 Å². The molecular formula is C32H33N3O13. The first-order valence-corrected chi connectivity index (χ1v) is 14.6. The summed E-state index contributed by atoms with van der Waals surface area (Å²) in [5, 5.41) is 19.6. The molecule has 0 bridgehead atoms. The highest BCUT2D eigenvalue weighted by atomic mass is 16.7. The lowest BCUT2D eigenvalue weighted by Crippen LogP contribution is -2.33. The molecule has 4 aromatic rings. The van der Waals surface area contributed by atoms with Crippen LogP contribution in [0.4, 0.5) is 0 Å². The number of nitrogens with zero attached hydrogens (tertiary/aromatic N) is 1. The zero-order valence-corrected chi connectivity index (χ0v) is 25.7. The molecule has 4 rings (SSSR count). The highest BCUT2D eigenvalue weighted by Gasteiger charge is 2.20. The Hall–Kier alpha value is -5.74. The number of carboxylic acid groups (broad SMARTS) is 1. The summed E-state index contributed by atoms with van der Waals surface area (Å²) in [7, 11) is 0. The van der Waals surface area contributed by atoms with Crippen LogP contribution in [0, 0.1) is 0 Å². The first kappa shape index (κ1) is 35.1. The first-order chi connectivity index (χ1) is 22.9. The van der Waals surface area contributed by atoms with Gasteiger partial charge < -0.3 is 49.5 Å². The molecule has 16 heteroatoms. The molecule has 0 aliphatic heterocycles. The SMILES string of the molecule is CC(N)=NCCCC[C@H](N)C(=O)OCOC(=O)c1cc(=O)c2c(OCC(O)COc3cccc4oc(C(=O)O)cc(=O)c34)cccc2o1. The van der Waals surface area contributed by atoms with Gasteiger partial charge in [-0.05, 0) is 50.5 Å². The number of aliphatic hydroxyl groups excluding tert-OH is 1. The largest absolute Gasteiger partial charge is 0.490 e. The summed E-state index contributed by atoms with van der Waals surface area (Å²) in [4.78, 5) is 65.2. The molecular weight excluding hydrogens is 634 g/mol. The van der Waals surface area contributed by atoms with Gasteiger partial charge in [0.15, 0.2) is 10.9 Å². The maximum atomic E-state index is 12.9. The number of unbranched alkanes of at least 4 members (excludes halogenated alkanes) is 1. The van der Waals surface area contributed by atoms with Gasteiger partial charge in [-0.25, -0.2) is 9.59 Å². The minimum atomic E-state index is -1.40. The fraction of sp³-hybridized carbons (Fsp3) is 0.312. The van der Waals surface area contributed by atoms with Gasteiger partial charge in [0.25, 0.3) is 0 Å². The van der Waals surface area contributed by atoms with Gasteiger partial charge in [0.05, 0.1) is 5.84 Å². The van der Waals surface area contributed by atoms with Crippen LogP contribution >= 0.6 is 0 Å². The molecule has 6 N–H and O–H groups in total. The van der Waals surface area contributed by atoms with Crippen LogP contribution in [0.3, 0.4) is 0 Å². The van der Waals surface area contributed by atoms with E-state index in [4.69, 9.17) is 44.4 Å². The van der Waals surface area contributed by atoms with Gasteiger partial charge >= 0.3 is 17.9 Å². The number of ether oxygens (including phenoxy) is 4. The van der Waals surface area contributed by atoms with Crippen LogP contribution in [-0.2, 0) is 14.3 Å². The monoisotopic (exact) mass is 667 g/mol. The molecule has 254 valence electrons. The zero-order valence-electron chi connectivity index (χ0n) is 25.7. The van der Waals surface area contributed by atoms with Gasteiger partial charge in [0.1, 0.15) is 58.8 Å². The number of esters is 2. The molecule has 0 radical (unpaired) electrons. The van der Waals surface area contributed by atoms with Gasteiger partial charge in [0, 0.05) is 18.7 Å². The van der Waals surface area contributed by atoms with Crippen LogP contribution in [0.1, 0.15) is 47.3 Å². The van der Waals surface area contributed by atoms with E-state index < -0.39 is 59.2 Å². The molecule has 0 amide bonds. The van der Waals surface area contributed by atoms with Gasteiger partial charge in [0.2, 0.25) is 18.3 Å². The van der Waals surface area contributed by atoms with E-state index in [9.17, 15) is 29.1 Å². The predicted octanol–water partition coefficient (Wildman–Crippen LogP) is 1.95. The molecule has 2 aromatic carbocycles. The molecule has 0 saturated carbocycles. The maximum absolute atomic E-state index is 12.9. The van der Waals surface area contributed by atoms with E-state index in [0.717, 1.165) is 12.1 Å². The number of nitrogens with two attached hydrogens (primary N) is 2. The van der Waals surface area contributed by atoms with E-state index >= 15 is 0 Å². The van der Waals surface area contributed by atoms with Crippen molar-refractivity contribution in [2.75, 3.05) is 26.6 Å².